The number of hydrogen-bond acceptors (Lipinski definition) is 8. The molecule has 1 fully saturated rings. The van der Waals surface area contributed by atoms with Gasteiger partial charge in [0.25, 0.3) is 0 Å². The van der Waals surface area contributed by atoms with Crippen molar-refractivity contribution in [1.29, 1.82) is 0 Å². The van der Waals surface area contributed by atoms with Crippen LogP contribution >= 0.6 is 0 Å². The first-order valence-corrected chi connectivity index (χ1v) is 34.4. The number of carbonyl (C=O) groups is 1. The number of allylic oxidation sites excluding steroid dienone is 7. The van der Waals surface area contributed by atoms with E-state index in [2.05, 4.69) is 55.6 Å². The first-order valence-electron chi connectivity index (χ1n) is 34.4. The lowest BCUT2D eigenvalue weighted by Gasteiger charge is -2.40. The normalized spacial score (nSPS) is 18.8. The molecule has 0 bridgehead atoms. The zero-order valence-electron chi connectivity index (χ0n) is 51.9. The number of carbonyl (C=O) groups excluding carboxylic acids is 1. The van der Waals surface area contributed by atoms with Crippen molar-refractivity contribution in [3.63, 3.8) is 0 Å². The number of hydrogen-bond donors (Lipinski definition) is 6. The Bertz CT molecular complexity index is 1380. The van der Waals surface area contributed by atoms with E-state index >= 15 is 0 Å². The fourth-order valence-corrected chi connectivity index (χ4v) is 11.0. The molecule has 9 heteroatoms. The lowest BCUT2D eigenvalue weighted by atomic mass is 9.99. The van der Waals surface area contributed by atoms with Gasteiger partial charge in [-0.05, 0) is 70.6 Å². The summed E-state index contributed by atoms with van der Waals surface area (Å²) >= 11 is 0. The van der Waals surface area contributed by atoms with Crippen LogP contribution in [0.25, 0.3) is 0 Å². The highest BCUT2D eigenvalue weighted by atomic mass is 16.7. The molecule has 6 N–H and O–H groups in total. The second kappa shape index (κ2) is 59.3. The minimum atomic E-state index is -1.58. The molecule has 1 saturated heterocycles. The molecule has 1 heterocycles. The van der Waals surface area contributed by atoms with E-state index in [1.165, 1.54) is 270 Å². The van der Waals surface area contributed by atoms with Crippen molar-refractivity contribution < 1.29 is 39.8 Å². The van der Waals surface area contributed by atoms with Gasteiger partial charge in [-0.2, -0.15) is 0 Å². The van der Waals surface area contributed by atoms with Crippen LogP contribution in [0.2, 0.25) is 0 Å². The highest BCUT2D eigenvalue weighted by Gasteiger charge is 2.44. The zero-order chi connectivity index (χ0) is 57.2. The number of rotatable bonds is 60. The van der Waals surface area contributed by atoms with E-state index in [4.69, 9.17) is 9.47 Å². The molecule has 9 nitrogen and oxygen atoms in total. The van der Waals surface area contributed by atoms with Crippen molar-refractivity contribution >= 4 is 5.91 Å². The number of ether oxygens (including phenoxy) is 2. The average Bonchev–Trinajstić information content (AvgIpc) is 3.47. The lowest BCUT2D eigenvalue weighted by molar-refractivity contribution is -0.302. The molecule has 1 amide bonds. The van der Waals surface area contributed by atoms with E-state index < -0.39 is 49.5 Å². The Morgan fingerprint density at radius 1 is 0.418 bits per heavy atom. The molecule has 0 aromatic heterocycles. The van der Waals surface area contributed by atoms with Gasteiger partial charge in [-0.15, -0.1) is 0 Å². The van der Waals surface area contributed by atoms with Crippen LogP contribution in [0.5, 0.6) is 0 Å². The van der Waals surface area contributed by atoms with Crippen LogP contribution in [0, 0.1) is 0 Å². The quantitative estimate of drug-likeness (QED) is 0.0261. The van der Waals surface area contributed by atoms with Crippen LogP contribution in [0.1, 0.15) is 335 Å². The van der Waals surface area contributed by atoms with Gasteiger partial charge in [0.1, 0.15) is 24.4 Å². The van der Waals surface area contributed by atoms with Crippen LogP contribution in [-0.2, 0) is 14.3 Å². The Morgan fingerprint density at radius 3 is 1.06 bits per heavy atom. The summed E-state index contributed by atoms with van der Waals surface area (Å²) in [6.07, 6.45) is 73.6. The summed E-state index contributed by atoms with van der Waals surface area (Å²) in [7, 11) is 0. The number of nitrogens with one attached hydrogen (secondary N) is 1. The Labute approximate surface area is 488 Å². The summed E-state index contributed by atoms with van der Waals surface area (Å²) in [5.74, 6) is -0.185. The maximum Gasteiger partial charge on any atom is 0.220 e. The molecule has 0 aliphatic carbocycles. The Kier molecular flexibility index (Phi) is 56.4. The van der Waals surface area contributed by atoms with Crippen LogP contribution in [0.4, 0.5) is 0 Å². The summed E-state index contributed by atoms with van der Waals surface area (Å²) in [5, 5.41) is 54.7. The SMILES string of the molecule is CCCCCCCCCC/C=C\CCCCCCCCCCCCCCCCCCCCCC(=O)NC(COC1OC(CO)C(O)C(O)C1O)C(O)/C=C/CC/C=C/CC/C=C/CCCCCCCCCCCCCCCCC. The summed E-state index contributed by atoms with van der Waals surface area (Å²) in [6, 6.07) is -0.829. The maximum atomic E-state index is 13.1. The van der Waals surface area contributed by atoms with Crippen LogP contribution < -0.4 is 5.32 Å². The molecule has 79 heavy (non-hydrogen) atoms. The van der Waals surface area contributed by atoms with Gasteiger partial charge in [0.2, 0.25) is 5.91 Å². The molecule has 0 aromatic rings. The number of aliphatic hydroxyl groups is 5. The van der Waals surface area contributed by atoms with Gasteiger partial charge in [0.15, 0.2) is 6.29 Å². The van der Waals surface area contributed by atoms with Gasteiger partial charge in [-0.1, -0.05) is 306 Å². The fourth-order valence-electron chi connectivity index (χ4n) is 11.0. The smallest absolute Gasteiger partial charge is 0.220 e. The predicted octanol–water partition coefficient (Wildman–Crippen LogP) is 18.4. The molecular formula is C70H131NO8. The van der Waals surface area contributed by atoms with E-state index in [9.17, 15) is 30.3 Å². The topological polar surface area (TPSA) is 149 Å². The van der Waals surface area contributed by atoms with Gasteiger partial charge in [-0.3, -0.25) is 4.79 Å². The summed E-state index contributed by atoms with van der Waals surface area (Å²) in [4.78, 5) is 13.1. The van der Waals surface area contributed by atoms with Crippen molar-refractivity contribution in [1.82, 2.24) is 5.32 Å². The Hall–Kier alpha value is -1.85. The molecular weight excluding hydrogens is 983 g/mol. The van der Waals surface area contributed by atoms with Gasteiger partial charge in [-0.25, -0.2) is 0 Å². The van der Waals surface area contributed by atoms with Crippen molar-refractivity contribution in [2.24, 2.45) is 0 Å². The molecule has 0 saturated carbocycles. The third-order valence-electron chi connectivity index (χ3n) is 16.4. The van der Waals surface area contributed by atoms with Crippen molar-refractivity contribution in [2.45, 2.75) is 378 Å². The van der Waals surface area contributed by atoms with E-state index in [1.54, 1.807) is 6.08 Å². The monoisotopic (exact) mass is 1110 g/mol. The lowest BCUT2D eigenvalue weighted by Crippen LogP contribution is -2.60. The summed E-state index contributed by atoms with van der Waals surface area (Å²) < 4.78 is 11.3. The third kappa shape index (κ3) is 48.3. The van der Waals surface area contributed by atoms with E-state index in [0.29, 0.717) is 6.42 Å². The minimum Gasteiger partial charge on any atom is -0.394 e. The Morgan fingerprint density at radius 2 is 0.722 bits per heavy atom. The van der Waals surface area contributed by atoms with Gasteiger partial charge >= 0.3 is 0 Å². The highest BCUT2D eigenvalue weighted by molar-refractivity contribution is 5.76. The number of aliphatic hydroxyl groups excluding tert-OH is 5. The van der Waals surface area contributed by atoms with Crippen LogP contribution in [0.3, 0.4) is 0 Å². The van der Waals surface area contributed by atoms with Crippen molar-refractivity contribution in [3.8, 4) is 0 Å². The van der Waals surface area contributed by atoms with Crippen molar-refractivity contribution in [2.75, 3.05) is 13.2 Å². The fraction of sp³-hybridized carbons (Fsp3) is 0.871. The second-order valence-corrected chi connectivity index (χ2v) is 24.0. The standard InChI is InChI=1S/C70H131NO8/c1-3-5-7-9-11-13-15-17-19-21-23-25-27-29-30-31-32-33-34-36-38-40-42-44-46-48-50-52-54-56-58-60-66(74)71-63(62-78-70-69(77)68(76)67(75)65(61-72)79-70)64(73)59-57-55-53-51-49-47-45-43-41-39-37-35-28-26-24-22-20-18-16-14-12-10-8-6-4-2/h21,23,41,43,49,51,57,59,63-65,67-70,72-73,75-77H,3-20,22,24-40,42,44-48,50,52-56,58,60-62H2,1-2H3,(H,71,74)/b23-21-,43-41+,51-49+,59-57+. The molecule has 464 valence electrons. The maximum absolute atomic E-state index is 13.1. The van der Waals surface area contributed by atoms with E-state index in [-0.39, 0.29) is 12.5 Å². The zero-order valence-corrected chi connectivity index (χ0v) is 51.9. The van der Waals surface area contributed by atoms with Crippen molar-refractivity contribution in [3.05, 3.63) is 48.6 Å². The first kappa shape index (κ1) is 75.2. The molecule has 7 atom stereocenters. The predicted molar refractivity (Wildman–Crippen MR) is 336 cm³/mol. The Balaban J connectivity index is 2.16. The first-order chi connectivity index (χ1) is 38.8. The summed E-state index contributed by atoms with van der Waals surface area (Å²) in [6.45, 7) is 3.80. The largest absolute Gasteiger partial charge is 0.394 e. The highest BCUT2D eigenvalue weighted by Crippen LogP contribution is 2.23. The molecule has 1 aliphatic heterocycles. The molecule has 1 rings (SSSR count). The van der Waals surface area contributed by atoms with Crippen LogP contribution in [0.15, 0.2) is 48.6 Å². The van der Waals surface area contributed by atoms with E-state index in [1.807, 2.05) is 6.08 Å². The molecule has 0 aromatic carbocycles. The van der Waals surface area contributed by atoms with Gasteiger partial charge < -0.3 is 40.3 Å². The van der Waals surface area contributed by atoms with Gasteiger partial charge in [0.05, 0.1) is 25.4 Å². The molecule has 7 unspecified atom stereocenters. The molecule has 0 radical (unpaired) electrons. The third-order valence-corrected chi connectivity index (χ3v) is 16.4. The van der Waals surface area contributed by atoms with Gasteiger partial charge in [0, 0.05) is 6.42 Å². The number of amides is 1. The summed E-state index contributed by atoms with van der Waals surface area (Å²) in [5.41, 5.74) is 0. The average molecular weight is 1110 g/mol. The molecule has 0 spiro atoms. The second-order valence-electron chi connectivity index (χ2n) is 24.0. The molecule has 1 aliphatic rings. The van der Waals surface area contributed by atoms with Crippen LogP contribution in [-0.4, -0.2) is 87.5 Å². The minimum absolute atomic E-state index is 0.185. The van der Waals surface area contributed by atoms with E-state index in [0.717, 1.165) is 44.9 Å². The number of unbranched alkanes of at least 4 members (excludes halogenated alkanes) is 44.